The van der Waals surface area contributed by atoms with Gasteiger partial charge in [-0.3, -0.25) is 4.79 Å². The number of fused-ring (bicyclic) bond motifs is 2. The summed E-state index contributed by atoms with van der Waals surface area (Å²) in [4.78, 5) is 12.7. The molecule has 0 saturated heterocycles. The fourth-order valence-electron chi connectivity index (χ4n) is 4.48. The SMILES string of the molecule is CC1C(=O)C2(C=Cc3ccccc3)CCC1C2(C)C. The van der Waals surface area contributed by atoms with Gasteiger partial charge in [-0.2, -0.15) is 0 Å². The van der Waals surface area contributed by atoms with Crippen LogP contribution in [0.5, 0.6) is 0 Å². The molecule has 100 valence electrons. The summed E-state index contributed by atoms with van der Waals surface area (Å²) in [5.41, 5.74) is 1.06. The summed E-state index contributed by atoms with van der Waals surface area (Å²) in [6, 6.07) is 10.3. The Labute approximate surface area is 115 Å². The molecule has 0 spiro atoms. The molecule has 1 aromatic carbocycles. The van der Waals surface area contributed by atoms with Gasteiger partial charge in [0.15, 0.2) is 0 Å². The van der Waals surface area contributed by atoms with Gasteiger partial charge in [-0.15, -0.1) is 0 Å². The average Bonchev–Trinajstić information content (AvgIpc) is 2.74. The molecule has 1 nitrogen and oxygen atoms in total. The van der Waals surface area contributed by atoms with E-state index in [9.17, 15) is 4.79 Å². The van der Waals surface area contributed by atoms with Crippen molar-refractivity contribution < 1.29 is 4.79 Å². The zero-order valence-corrected chi connectivity index (χ0v) is 12.0. The molecular weight excluding hydrogens is 232 g/mol. The van der Waals surface area contributed by atoms with E-state index >= 15 is 0 Å². The molecule has 0 N–H and O–H groups in total. The van der Waals surface area contributed by atoms with Gasteiger partial charge in [0.1, 0.15) is 5.78 Å². The number of carbonyl (C=O) groups is 1. The van der Waals surface area contributed by atoms with Crippen molar-refractivity contribution in [2.75, 3.05) is 0 Å². The predicted molar refractivity (Wildman–Crippen MR) is 78.6 cm³/mol. The quantitative estimate of drug-likeness (QED) is 0.767. The first-order chi connectivity index (χ1) is 8.99. The van der Waals surface area contributed by atoms with Crippen LogP contribution in [-0.4, -0.2) is 5.78 Å². The Morgan fingerprint density at radius 3 is 2.47 bits per heavy atom. The largest absolute Gasteiger partial charge is 0.298 e. The average molecular weight is 254 g/mol. The molecule has 3 rings (SSSR count). The van der Waals surface area contributed by atoms with Crippen LogP contribution in [0.15, 0.2) is 36.4 Å². The fourth-order valence-corrected chi connectivity index (χ4v) is 4.48. The third-order valence-electron chi connectivity index (χ3n) is 5.74. The van der Waals surface area contributed by atoms with Crippen LogP contribution in [0.1, 0.15) is 39.2 Å². The Morgan fingerprint density at radius 1 is 1.21 bits per heavy atom. The van der Waals surface area contributed by atoms with Crippen molar-refractivity contribution in [1.82, 2.24) is 0 Å². The van der Waals surface area contributed by atoms with E-state index < -0.39 is 0 Å². The van der Waals surface area contributed by atoms with Crippen molar-refractivity contribution in [2.24, 2.45) is 22.7 Å². The zero-order valence-electron chi connectivity index (χ0n) is 12.0. The molecule has 0 amide bonds. The first-order valence-electron chi connectivity index (χ1n) is 7.28. The molecule has 19 heavy (non-hydrogen) atoms. The highest BCUT2D eigenvalue weighted by molar-refractivity contribution is 5.94. The summed E-state index contributed by atoms with van der Waals surface area (Å²) >= 11 is 0. The molecular formula is C18H22O. The highest BCUT2D eigenvalue weighted by Gasteiger charge is 2.65. The molecule has 2 aliphatic rings. The maximum atomic E-state index is 12.7. The van der Waals surface area contributed by atoms with E-state index in [1.807, 2.05) is 18.2 Å². The maximum Gasteiger partial charge on any atom is 0.146 e. The van der Waals surface area contributed by atoms with Crippen molar-refractivity contribution in [3.05, 3.63) is 42.0 Å². The van der Waals surface area contributed by atoms with E-state index in [-0.39, 0.29) is 16.7 Å². The van der Waals surface area contributed by atoms with E-state index in [1.54, 1.807) is 0 Å². The number of ketones is 1. The van der Waals surface area contributed by atoms with Gasteiger partial charge in [-0.25, -0.2) is 0 Å². The monoisotopic (exact) mass is 254 g/mol. The molecule has 2 fully saturated rings. The van der Waals surface area contributed by atoms with Crippen molar-refractivity contribution in [3.8, 4) is 0 Å². The van der Waals surface area contributed by atoms with Crippen molar-refractivity contribution in [2.45, 2.75) is 33.6 Å². The van der Waals surface area contributed by atoms with Crippen molar-refractivity contribution >= 4 is 11.9 Å². The molecule has 0 radical (unpaired) electrons. The summed E-state index contributed by atoms with van der Waals surface area (Å²) < 4.78 is 0. The second-order valence-electron chi connectivity index (χ2n) is 6.74. The molecule has 2 aliphatic carbocycles. The van der Waals surface area contributed by atoms with E-state index in [2.05, 4.69) is 45.1 Å². The van der Waals surface area contributed by atoms with Crippen LogP contribution in [-0.2, 0) is 4.79 Å². The summed E-state index contributed by atoms with van der Waals surface area (Å²) in [5.74, 6) is 1.24. The Hall–Kier alpha value is -1.37. The Morgan fingerprint density at radius 2 is 1.89 bits per heavy atom. The first-order valence-corrected chi connectivity index (χ1v) is 7.28. The number of benzene rings is 1. The minimum atomic E-state index is -0.229. The molecule has 3 unspecified atom stereocenters. The third kappa shape index (κ3) is 1.57. The number of carbonyl (C=O) groups excluding carboxylic acids is 1. The molecule has 0 aliphatic heterocycles. The van der Waals surface area contributed by atoms with Crippen LogP contribution in [0.4, 0.5) is 0 Å². The molecule has 0 aromatic heterocycles. The van der Waals surface area contributed by atoms with Gasteiger partial charge >= 0.3 is 0 Å². The standard InChI is InChI=1S/C18H22O/c1-13-15-10-12-18(16(13)19,17(15,2)3)11-9-14-7-5-4-6-8-14/h4-9,11,13,15H,10,12H2,1-3H3. The molecule has 1 heteroatoms. The summed E-state index contributed by atoms with van der Waals surface area (Å²) in [5, 5.41) is 0. The summed E-state index contributed by atoms with van der Waals surface area (Å²) in [7, 11) is 0. The topological polar surface area (TPSA) is 17.1 Å². The molecule has 1 aromatic rings. The lowest BCUT2D eigenvalue weighted by Gasteiger charge is -2.33. The van der Waals surface area contributed by atoms with Gasteiger partial charge in [-0.05, 0) is 29.7 Å². The van der Waals surface area contributed by atoms with Crippen LogP contribution in [0.3, 0.4) is 0 Å². The van der Waals surface area contributed by atoms with Gasteiger partial charge in [0.25, 0.3) is 0 Å². The third-order valence-corrected chi connectivity index (χ3v) is 5.74. The van der Waals surface area contributed by atoms with E-state index in [4.69, 9.17) is 0 Å². The van der Waals surface area contributed by atoms with E-state index in [1.165, 1.54) is 12.0 Å². The number of hydrogen-bond acceptors (Lipinski definition) is 1. The lowest BCUT2D eigenvalue weighted by atomic mass is 9.68. The maximum absolute atomic E-state index is 12.7. The smallest absolute Gasteiger partial charge is 0.146 e. The van der Waals surface area contributed by atoms with Crippen LogP contribution in [0, 0.1) is 22.7 Å². The molecule has 0 heterocycles. The molecule has 3 atom stereocenters. The second-order valence-corrected chi connectivity index (χ2v) is 6.74. The lowest BCUT2D eigenvalue weighted by Crippen LogP contribution is -2.34. The Kier molecular flexibility index (Phi) is 2.70. The Balaban J connectivity index is 1.99. The summed E-state index contributed by atoms with van der Waals surface area (Å²) in [6.07, 6.45) is 6.56. The van der Waals surface area contributed by atoms with E-state index in [0.29, 0.717) is 11.7 Å². The predicted octanol–water partition coefficient (Wildman–Crippen LogP) is 4.34. The Bertz CT molecular complexity index is 526. The van der Waals surface area contributed by atoms with E-state index in [0.717, 1.165) is 6.42 Å². The van der Waals surface area contributed by atoms with Gasteiger partial charge < -0.3 is 0 Å². The van der Waals surface area contributed by atoms with Gasteiger partial charge in [0.2, 0.25) is 0 Å². The zero-order chi connectivity index (χ0) is 13.7. The van der Waals surface area contributed by atoms with Crippen LogP contribution in [0.25, 0.3) is 6.08 Å². The fraction of sp³-hybridized carbons (Fsp3) is 0.500. The minimum absolute atomic E-state index is 0.106. The van der Waals surface area contributed by atoms with Crippen molar-refractivity contribution in [1.29, 1.82) is 0 Å². The van der Waals surface area contributed by atoms with Crippen LogP contribution >= 0.6 is 0 Å². The second kappa shape index (κ2) is 4.06. The van der Waals surface area contributed by atoms with Crippen LogP contribution < -0.4 is 0 Å². The highest BCUT2D eigenvalue weighted by Crippen LogP contribution is 2.66. The first kappa shape index (κ1) is 12.7. The summed E-state index contributed by atoms with van der Waals surface area (Å²) in [6.45, 7) is 6.68. The van der Waals surface area contributed by atoms with Gasteiger partial charge in [-0.1, -0.05) is 63.3 Å². The lowest BCUT2D eigenvalue weighted by molar-refractivity contribution is -0.129. The van der Waals surface area contributed by atoms with Gasteiger partial charge in [0.05, 0.1) is 5.41 Å². The number of hydrogen-bond donors (Lipinski definition) is 0. The highest BCUT2D eigenvalue weighted by atomic mass is 16.1. The van der Waals surface area contributed by atoms with Gasteiger partial charge in [0, 0.05) is 5.92 Å². The van der Waals surface area contributed by atoms with Crippen LogP contribution in [0.2, 0.25) is 0 Å². The number of Topliss-reactive ketones (excluding diaryl/α,β-unsaturated/α-hetero) is 1. The van der Waals surface area contributed by atoms with Crippen molar-refractivity contribution in [3.63, 3.8) is 0 Å². The number of rotatable bonds is 2. The minimum Gasteiger partial charge on any atom is -0.298 e. The number of allylic oxidation sites excluding steroid dienone is 1. The molecule has 2 bridgehead atoms. The normalized spacial score (nSPS) is 36.3. The molecule has 2 saturated carbocycles.